The maximum Gasteiger partial charge on any atom is 0.229 e. The van der Waals surface area contributed by atoms with Gasteiger partial charge in [-0.25, -0.2) is 14.2 Å². The van der Waals surface area contributed by atoms with Crippen molar-refractivity contribution in [3.63, 3.8) is 0 Å². The van der Waals surface area contributed by atoms with Crippen molar-refractivity contribution < 1.29 is 14.3 Å². The number of allylic oxidation sites excluding steroid dienone is 1. The Labute approximate surface area is 222 Å². The highest BCUT2D eigenvalue weighted by Gasteiger charge is 2.44. The van der Waals surface area contributed by atoms with E-state index in [9.17, 15) is 4.79 Å². The minimum absolute atomic E-state index is 0.00163. The molecule has 5 nitrogen and oxygen atoms in total. The summed E-state index contributed by atoms with van der Waals surface area (Å²) >= 11 is 0. The number of hydrogen-bond acceptors (Lipinski definition) is 4. The van der Waals surface area contributed by atoms with E-state index in [1.54, 1.807) is 0 Å². The molecule has 5 rings (SSSR count). The SMILES string of the molecule is C=COCOC(=C)Cc1cnn2ccc(-c3ccc(C(=O)C(C)C)cc3P3CCS34CCCCC4)cc12. The predicted molar refractivity (Wildman–Crippen MR) is 157 cm³/mol. The molecule has 0 amide bonds. The number of fused-ring (bicyclic) bond motifs is 1. The first-order valence-electron chi connectivity index (χ1n) is 13.1. The molecule has 7 heteroatoms. The molecule has 2 fully saturated rings. The molecular formula is C30H37N2O3PS. The van der Waals surface area contributed by atoms with Crippen LogP contribution in [0.1, 0.15) is 49.0 Å². The van der Waals surface area contributed by atoms with Gasteiger partial charge in [0.05, 0.1) is 23.7 Å². The average Bonchev–Trinajstić information content (AvgIpc) is 3.30. The summed E-state index contributed by atoms with van der Waals surface area (Å²) in [5.41, 5.74) is 5.44. The van der Waals surface area contributed by atoms with Gasteiger partial charge in [-0.2, -0.15) is 5.10 Å². The first-order chi connectivity index (χ1) is 17.9. The van der Waals surface area contributed by atoms with Gasteiger partial charge in [0.15, 0.2) is 5.78 Å². The first-order valence-corrected chi connectivity index (χ1v) is 17.4. The maximum atomic E-state index is 13.0. The van der Waals surface area contributed by atoms with E-state index in [-0.39, 0.29) is 25.6 Å². The summed E-state index contributed by atoms with van der Waals surface area (Å²) in [6.45, 7) is 11.7. The van der Waals surface area contributed by atoms with Gasteiger partial charge < -0.3 is 9.47 Å². The van der Waals surface area contributed by atoms with E-state index in [1.807, 2.05) is 36.8 Å². The quantitative estimate of drug-likeness (QED) is 0.0916. The number of ether oxygens (including phenoxy) is 2. The fourth-order valence-corrected chi connectivity index (χ4v) is 16.7. The molecule has 1 aromatic carbocycles. The number of ketones is 1. The number of rotatable bonds is 10. The molecule has 2 saturated heterocycles. The zero-order valence-electron chi connectivity index (χ0n) is 21.9. The molecule has 4 heterocycles. The summed E-state index contributed by atoms with van der Waals surface area (Å²) in [6.07, 6.45) is 11.3. The first kappa shape index (κ1) is 26.1. The van der Waals surface area contributed by atoms with Crippen LogP contribution < -0.4 is 5.30 Å². The summed E-state index contributed by atoms with van der Waals surface area (Å²) in [6, 6.07) is 10.9. The van der Waals surface area contributed by atoms with Gasteiger partial charge >= 0.3 is 0 Å². The lowest BCUT2D eigenvalue weighted by Crippen LogP contribution is -2.32. The van der Waals surface area contributed by atoms with Gasteiger partial charge in [0.25, 0.3) is 0 Å². The van der Waals surface area contributed by atoms with Crippen molar-refractivity contribution in [2.24, 2.45) is 5.92 Å². The van der Waals surface area contributed by atoms with Crippen molar-refractivity contribution in [2.75, 3.05) is 30.2 Å². The van der Waals surface area contributed by atoms with Gasteiger partial charge in [-0.3, -0.25) is 4.79 Å². The number of benzene rings is 1. The van der Waals surface area contributed by atoms with Crippen molar-refractivity contribution in [3.05, 3.63) is 79.0 Å². The molecule has 196 valence electrons. The summed E-state index contributed by atoms with van der Waals surface area (Å²) in [5, 5.41) is 6.00. The van der Waals surface area contributed by atoms with Gasteiger partial charge in [-0.05, 0) is 78.0 Å². The highest BCUT2D eigenvalue weighted by atomic mass is 32.8. The molecule has 2 aliphatic rings. The Morgan fingerprint density at radius 1 is 1.19 bits per heavy atom. The third-order valence-electron chi connectivity index (χ3n) is 7.51. The zero-order chi connectivity index (χ0) is 26.0. The lowest BCUT2D eigenvalue weighted by molar-refractivity contribution is 0.0279. The third kappa shape index (κ3) is 5.24. The van der Waals surface area contributed by atoms with Gasteiger partial charge in [0.2, 0.25) is 6.79 Å². The largest absolute Gasteiger partial charge is 0.466 e. The molecule has 2 aromatic heterocycles. The van der Waals surface area contributed by atoms with Crippen molar-refractivity contribution in [3.8, 4) is 11.1 Å². The smallest absolute Gasteiger partial charge is 0.229 e. The number of carbonyl (C=O) groups excluding carboxylic acids is 1. The number of aromatic nitrogens is 2. The molecule has 1 unspecified atom stereocenters. The van der Waals surface area contributed by atoms with Gasteiger partial charge in [-0.15, -0.1) is 0 Å². The second-order valence-corrected chi connectivity index (χ2v) is 18.8. The minimum atomic E-state index is -0.563. The van der Waals surface area contributed by atoms with Crippen LogP contribution in [0.2, 0.25) is 0 Å². The molecule has 1 spiro atoms. The second kappa shape index (κ2) is 11.0. The van der Waals surface area contributed by atoms with Crippen LogP contribution in [0.4, 0.5) is 0 Å². The monoisotopic (exact) mass is 536 g/mol. The molecule has 1 atom stereocenters. The predicted octanol–water partition coefficient (Wildman–Crippen LogP) is 7.05. The maximum absolute atomic E-state index is 13.0. The standard InChI is InChI=1S/C30H37N2O3PS/c1-5-34-21-35-23(4)17-26-20-31-32-12-11-24(18-28(26)32)27-10-9-25(30(33)22(2)3)19-29(27)36-13-16-37(36)14-7-6-8-15-37/h5,9-12,18-20,22H,1,4,6-8,13-17,21H2,2-3H3. The Balaban J connectivity index is 1.52. The molecule has 0 aliphatic carbocycles. The molecule has 0 N–H and O–H groups in total. The lowest BCUT2D eigenvalue weighted by Gasteiger charge is -2.58. The van der Waals surface area contributed by atoms with Crippen LogP contribution in [0.3, 0.4) is 0 Å². The van der Waals surface area contributed by atoms with Gasteiger partial charge in [0.1, 0.15) is 0 Å². The Hall–Kier alpha value is -2.56. The zero-order valence-corrected chi connectivity index (χ0v) is 23.7. The minimum Gasteiger partial charge on any atom is -0.466 e. The average molecular weight is 537 g/mol. The van der Waals surface area contributed by atoms with E-state index in [2.05, 4.69) is 42.5 Å². The van der Waals surface area contributed by atoms with E-state index >= 15 is 0 Å². The molecule has 3 aromatic rings. The van der Waals surface area contributed by atoms with E-state index < -0.39 is 9.65 Å². The summed E-state index contributed by atoms with van der Waals surface area (Å²) < 4.78 is 12.5. The summed E-state index contributed by atoms with van der Waals surface area (Å²) in [4.78, 5) is 13.0. The number of hydrogen-bond donors (Lipinski definition) is 0. The lowest BCUT2D eigenvalue weighted by atomic mass is 9.98. The molecule has 2 aliphatic heterocycles. The number of nitrogens with zero attached hydrogens (tertiary/aromatic N) is 2. The van der Waals surface area contributed by atoms with Crippen molar-refractivity contribution in [1.82, 2.24) is 9.61 Å². The second-order valence-electron chi connectivity index (χ2n) is 10.3. The van der Waals surface area contributed by atoms with E-state index in [4.69, 9.17) is 9.47 Å². The van der Waals surface area contributed by atoms with Gasteiger partial charge in [0, 0.05) is 29.7 Å². The van der Waals surface area contributed by atoms with Crippen molar-refractivity contribution >= 4 is 33.4 Å². The molecule has 0 radical (unpaired) electrons. The van der Waals surface area contributed by atoms with Crippen molar-refractivity contribution in [2.45, 2.75) is 39.5 Å². The summed E-state index contributed by atoms with van der Waals surface area (Å²) in [7, 11) is -0.772. The molecule has 0 saturated carbocycles. The van der Waals surface area contributed by atoms with Crippen LogP contribution >= 0.6 is 16.8 Å². The van der Waals surface area contributed by atoms with Gasteiger partial charge in [-0.1, -0.05) is 45.6 Å². The van der Waals surface area contributed by atoms with Crippen LogP contribution in [-0.2, 0) is 15.9 Å². The Morgan fingerprint density at radius 3 is 2.70 bits per heavy atom. The third-order valence-corrected chi connectivity index (χ3v) is 18.9. The Bertz CT molecular complexity index is 1330. The fourth-order valence-electron chi connectivity index (χ4n) is 5.45. The summed E-state index contributed by atoms with van der Waals surface area (Å²) in [5.74, 6) is 5.13. The number of Topliss-reactive ketones (excluding diaryl/α,β-unsaturated/α-hetero) is 1. The van der Waals surface area contributed by atoms with E-state index in [0.717, 1.165) is 16.6 Å². The highest BCUT2D eigenvalue weighted by Crippen LogP contribution is 2.84. The van der Waals surface area contributed by atoms with Crippen LogP contribution in [0.25, 0.3) is 16.6 Å². The Morgan fingerprint density at radius 2 is 2.00 bits per heavy atom. The van der Waals surface area contributed by atoms with Crippen molar-refractivity contribution in [1.29, 1.82) is 0 Å². The Kier molecular flexibility index (Phi) is 7.78. The number of carbonyl (C=O) groups is 1. The topological polar surface area (TPSA) is 52.8 Å². The van der Waals surface area contributed by atoms with Crippen LogP contribution in [0.5, 0.6) is 0 Å². The number of pyridine rings is 1. The molecular weight excluding hydrogens is 499 g/mol. The molecule has 0 bridgehead atoms. The fraction of sp³-hybridized carbons (Fsp3) is 0.400. The highest BCUT2D eigenvalue weighted by molar-refractivity contribution is 8.81. The molecule has 37 heavy (non-hydrogen) atoms. The van der Waals surface area contributed by atoms with Crippen LogP contribution in [-0.4, -0.2) is 45.6 Å². The van der Waals surface area contributed by atoms with Crippen LogP contribution in [0.15, 0.2) is 67.9 Å². The normalized spacial score (nSPS) is 19.4. The van der Waals surface area contributed by atoms with E-state index in [1.165, 1.54) is 65.4 Å². The van der Waals surface area contributed by atoms with Crippen LogP contribution in [0, 0.1) is 5.92 Å². The van der Waals surface area contributed by atoms with E-state index in [0.29, 0.717) is 12.2 Å².